The van der Waals surface area contributed by atoms with Crippen LogP contribution >= 0.6 is 0 Å². The second-order valence-corrected chi connectivity index (χ2v) is 4.30. The number of aryl methyl sites for hydroxylation is 1. The fraction of sp³-hybridized carbons (Fsp3) is 0.188. The molecule has 0 spiro atoms. The van der Waals surface area contributed by atoms with Gasteiger partial charge in [-0.1, -0.05) is 24.3 Å². The van der Waals surface area contributed by atoms with Gasteiger partial charge in [0.25, 0.3) is 0 Å². The largest absolute Gasteiger partial charge is 0.490 e. The molecule has 4 nitrogen and oxygen atoms in total. The molecule has 0 aliphatic heterocycles. The van der Waals surface area contributed by atoms with Crippen LogP contribution in [0.1, 0.15) is 15.9 Å². The van der Waals surface area contributed by atoms with Crippen molar-refractivity contribution < 1.29 is 19.4 Å². The number of carbonyl (C=O) groups is 1. The highest BCUT2D eigenvalue weighted by atomic mass is 16.5. The zero-order valence-electron chi connectivity index (χ0n) is 11.2. The standard InChI is InChI=1S/C16H16O4/c1-12-5-2-3-8-15(12)20-10-9-19-14-7-4-6-13(11-14)16(17)18/h2-8,11H,9-10H2,1H3,(H,17,18). The summed E-state index contributed by atoms with van der Waals surface area (Å²) in [5.41, 5.74) is 1.28. The quantitative estimate of drug-likeness (QED) is 0.821. The van der Waals surface area contributed by atoms with Crippen molar-refractivity contribution in [2.45, 2.75) is 6.92 Å². The molecule has 0 heterocycles. The average molecular weight is 272 g/mol. The number of hydrogen-bond acceptors (Lipinski definition) is 3. The fourth-order valence-corrected chi connectivity index (χ4v) is 1.75. The summed E-state index contributed by atoms with van der Waals surface area (Å²) in [6.45, 7) is 2.74. The second kappa shape index (κ2) is 6.61. The summed E-state index contributed by atoms with van der Waals surface area (Å²) in [5.74, 6) is 0.389. The van der Waals surface area contributed by atoms with Gasteiger partial charge in [-0.2, -0.15) is 0 Å². The zero-order chi connectivity index (χ0) is 14.4. The Labute approximate surface area is 117 Å². The number of para-hydroxylation sites is 1. The van der Waals surface area contributed by atoms with Crippen LogP contribution in [0.2, 0.25) is 0 Å². The number of rotatable bonds is 6. The lowest BCUT2D eigenvalue weighted by atomic mass is 10.2. The van der Waals surface area contributed by atoms with E-state index in [2.05, 4.69) is 0 Å². The zero-order valence-corrected chi connectivity index (χ0v) is 11.2. The van der Waals surface area contributed by atoms with Crippen LogP contribution < -0.4 is 9.47 Å². The molecule has 0 aliphatic rings. The minimum Gasteiger partial charge on any atom is -0.490 e. The monoisotopic (exact) mass is 272 g/mol. The Hall–Kier alpha value is -2.49. The molecule has 104 valence electrons. The molecule has 0 bridgehead atoms. The smallest absolute Gasteiger partial charge is 0.335 e. The Morgan fingerprint density at radius 1 is 1.05 bits per heavy atom. The number of carboxylic acid groups (broad SMARTS) is 1. The Kier molecular flexibility index (Phi) is 4.60. The molecule has 0 saturated heterocycles. The average Bonchev–Trinajstić information content (AvgIpc) is 2.45. The van der Waals surface area contributed by atoms with Crippen LogP contribution in [-0.4, -0.2) is 24.3 Å². The summed E-state index contributed by atoms with van der Waals surface area (Å²) in [6.07, 6.45) is 0. The van der Waals surface area contributed by atoms with Gasteiger partial charge in [0, 0.05) is 0 Å². The molecule has 2 aromatic rings. The van der Waals surface area contributed by atoms with Crippen LogP contribution in [0.15, 0.2) is 48.5 Å². The van der Waals surface area contributed by atoms with Gasteiger partial charge in [0.1, 0.15) is 24.7 Å². The van der Waals surface area contributed by atoms with E-state index in [0.717, 1.165) is 11.3 Å². The Morgan fingerprint density at radius 3 is 2.55 bits per heavy atom. The van der Waals surface area contributed by atoms with Crippen LogP contribution in [0.3, 0.4) is 0 Å². The lowest BCUT2D eigenvalue weighted by Gasteiger charge is -2.10. The number of ether oxygens (including phenoxy) is 2. The first-order chi connectivity index (χ1) is 9.66. The van der Waals surface area contributed by atoms with E-state index in [-0.39, 0.29) is 5.56 Å². The predicted octanol–water partition coefficient (Wildman–Crippen LogP) is 3.15. The minimum atomic E-state index is -0.966. The highest BCUT2D eigenvalue weighted by Gasteiger charge is 2.04. The lowest BCUT2D eigenvalue weighted by molar-refractivity contribution is 0.0696. The highest BCUT2D eigenvalue weighted by molar-refractivity contribution is 5.87. The molecule has 2 rings (SSSR count). The Balaban J connectivity index is 1.83. The van der Waals surface area contributed by atoms with Crippen LogP contribution in [0.4, 0.5) is 0 Å². The third-order valence-corrected chi connectivity index (χ3v) is 2.78. The maximum atomic E-state index is 10.8. The van der Waals surface area contributed by atoms with Crippen molar-refractivity contribution in [3.63, 3.8) is 0 Å². The number of benzene rings is 2. The first-order valence-electron chi connectivity index (χ1n) is 6.31. The normalized spacial score (nSPS) is 10.1. The highest BCUT2D eigenvalue weighted by Crippen LogP contribution is 2.16. The van der Waals surface area contributed by atoms with E-state index in [0.29, 0.717) is 19.0 Å². The lowest BCUT2D eigenvalue weighted by Crippen LogP contribution is -2.10. The molecule has 0 amide bonds. The van der Waals surface area contributed by atoms with Gasteiger partial charge in [0.05, 0.1) is 5.56 Å². The van der Waals surface area contributed by atoms with Crippen molar-refractivity contribution in [3.05, 3.63) is 59.7 Å². The van der Waals surface area contributed by atoms with E-state index >= 15 is 0 Å². The van der Waals surface area contributed by atoms with Crippen molar-refractivity contribution in [2.75, 3.05) is 13.2 Å². The maximum Gasteiger partial charge on any atom is 0.335 e. The van der Waals surface area contributed by atoms with Gasteiger partial charge in [-0.05, 0) is 36.8 Å². The SMILES string of the molecule is Cc1ccccc1OCCOc1cccc(C(=O)O)c1. The summed E-state index contributed by atoms with van der Waals surface area (Å²) >= 11 is 0. The minimum absolute atomic E-state index is 0.210. The van der Waals surface area contributed by atoms with Gasteiger partial charge in [0.2, 0.25) is 0 Å². The van der Waals surface area contributed by atoms with Crippen molar-refractivity contribution >= 4 is 5.97 Å². The van der Waals surface area contributed by atoms with E-state index in [9.17, 15) is 4.79 Å². The van der Waals surface area contributed by atoms with Gasteiger partial charge in [-0.15, -0.1) is 0 Å². The third kappa shape index (κ3) is 3.75. The molecular weight excluding hydrogens is 256 g/mol. The summed E-state index contributed by atoms with van der Waals surface area (Å²) in [6, 6.07) is 14.2. The van der Waals surface area contributed by atoms with E-state index in [1.807, 2.05) is 31.2 Å². The topological polar surface area (TPSA) is 55.8 Å². The van der Waals surface area contributed by atoms with Crippen molar-refractivity contribution in [3.8, 4) is 11.5 Å². The molecule has 0 aliphatic carbocycles. The summed E-state index contributed by atoms with van der Waals surface area (Å²) in [4.78, 5) is 10.8. The van der Waals surface area contributed by atoms with Crippen molar-refractivity contribution in [1.82, 2.24) is 0 Å². The predicted molar refractivity (Wildman–Crippen MR) is 75.6 cm³/mol. The van der Waals surface area contributed by atoms with Gasteiger partial charge < -0.3 is 14.6 Å². The first-order valence-corrected chi connectivity index (χ1v) is 6.31. The molecular formula is C16H16O4. The second-order valence-electron chi connectivity index (χ2n) is 4.30. The maximum absolute atomic E-state index is 10.8. The molecule has 0 unspecified atom stereocenters. The van der Waals surface area contributed by atoms with Gasteiger partial charge in [-0.25, -0.2) is 4.79 Å². The fourth-order valence-electron chi connectivity index (χ4n) is 1.75. The number of aromatic carboxylic acids is 1. The molecule has 0 saturated carbocycles. The van der Waals surface area contributed by atoms with E-state index in [1.54, 1.807) is 12.1 Å². The first kappa shape index (κ1) is 13.9. The number of carboxylic acids is 1. The van der Waals surface area contributed by atoms with Crippen LogP contribution in [0, 0.1) is 6.92 Å². The molecule has 1 N–H and O–H groups in total. The van der Waals surface area contributed by atoms with Gasteiger partial charge in [-0.3, -0.25) is 0 Å². The van der Waals surface area contributed by atoms with E-state index in [1.165, 1.54) is 12.1 Å². The molecule has 0 radical (unpaired) electrons. The summed E-state index contributed by atoms with van der Waals surface area (Å²) in [7, 11) is 0. The van der Waals surface area contributed by atoms with Crippen LogP contribution in [0.5, 0.6) is 11.5 Å². The molecule has 0 fully saturated rings. The van der Waals surface area contributed by atoms with Gasteiger partial charge in [0.15, 0.2) is 0 Å². The summed E-state index contributed by atoms with van der Waals surface area (Å²) in [5, 5.41) is 8.88. The van der Waals surface area contributed by atoms with Crippen molar-refractivity contribution in [2.24, 2.45) is 0 Å². The van der Waals surface area contributed by atoms with E-state index in [4.69, 9.17) is 14.6 Å². The molecule has 20 heavy (non-hydrogen) atoms. The Bertz CT molecular complexity index is 593. The van der Waals surface area contributed by atoms with Crippen LogP contribution in [0.25, 0.3) is 0 Å². The van der Waals surface area contributed by atoms with Crippen LogP contribution in [-0.2, 0) is 0 Å². The third-order valence-electron chi connectivity index (χ3n) is 2.78. The summed E-state index contributed by atoms with van der Waals surface area (Å²) < 4.78 is 11.1. The molecule has 4 heteroatoms. The molecule has 0 aromatic heterocycles. The van der Waals surface area contributed by atoms with Crippen molar-refractivity contribution in [1.29, 1.82) is 0 Å². The number of hydrogen-bond donors (Lipinski definition) is 1. The van der Waals surface area contributed by atoms with E-state index < -0.39 is 5.97 Å². The molecule has 2 aromatic carbocycles. The Morgan fingerprint density at radius 2 is 1.80 bits per heavy atom. The molecule has 0 atom stereocenters. The van der Waals surface area contributed by atoms with Gasteiger partial charge >= 0.3 is 5.97 Å².